The first-order chi connectivity index (χ1) is 9.27. The van der Waals surface area contributed by atoms with Crippen LogP contribution in [0.2, 0.25) is 10.0 Å². The Morgan fingerprint density at radius 3 is 2.10 bits per heavy atom. The van der Waals surface area contributed by atoms with E-state index >= 15 is 0 Å². The number of nitrogens with two attached hydrogens (primary N) is 1. The molecule has 0 aliphatic rings. The number of alkyl halides is 3. The molecule has 2 rings (SSSR count). The summed E-state index contributed by atoms with van der Waals surface area (Å²) in [4.78, 5) is 1.11. The summed E-state index contributed by atoms with van der Waals surface area (Å²) in [5, 5.41) is 0.743. The van der Waals surface area contributed by atoms with E-state index in [9.17, 15) is 13.2 Å². The SMILES string of the molecule is Nc1ccc(Sc2ccc(Cl)c(Cl)c2)cc1C(F)(F)F. The van der Waals surface area contributed by atoms with Gasteiger partial charge in [0, 0.05) is 15.5 Å². The van der Waals surface area contributed by atoms with Gasteiger partial charge in [0.2, 0.25) is 0 Å². The van der Waals surface area contributed by atoms with Crippen molar-refractivity contribution >= 4 is 40.7 Å². The lowest BCUT2D eigenvalue weighted by atomic mass is 10.2. The maximum absolute atomic E-state index is 12.8. The summed E-state index contributed by atoms with van der Waals surface area (Å²) < 4.78 is 38.3. The normalized spacial score (nSPS) is 11.7. The summed E-state index contributed by atoms with van der Waals surface area (Å²) in [7, 11) is 0. The van der Waals surface area contributed by atoms with Crippen molar-refractivity contribution in [3.63, 3.8) is 0 Å². The monoisotopic (exact) mass is 337 g/mol. The molecular weight excluding hydrogens is 330 g/mol. The van der Waals surface area contributed by atoms with E-state index < -0.39 is 11.7 Å². The molecule has 0 amide bonds. The zero-order valence-corrected chi connectivity index (χ0v) is 12.2. The van der Waals surface area contributed by atoms with Crippen LogP contribution in [0.1, 0.15) is 5.56 Å². The lowest BCUT2D eigenvalue weighted by Crippen LogP contribution is -2.08. The molecule has 0 heterocycles. The fourth-order valence-electron chi connectivity index (χ4n) is 1.52. The van der Waals surface area contributed by atoms with Crippen molar-refractivity contribution in [2.45, 2.75) is 16.0 Å². The molecule has 0 saturated heterocycles. The van der Waals surface area contributed by atoms with Crippen LogP contribution in [-0.4, -0.2) is 0 Å². The van der Waals surface area contributed by atoms with Gasteiger partial charge in [0.25, 0.3) is 0 Å². The van der Waals surface area contributed by atoms with E-state index in [1.165, 1.54) is 12.1 Å². The van der Waals surface area contributed by atoms with E-state index in [1.807, 2.05) is 0 Å². The fourth-order valence-corrected chi connectivity index (χ4v) is 2.78. The lowest BCUT2D eigenvalue weighted by Gasteiger charge is -2.11. The van der Waals surface area contributed by atoms with Crippen LogP contribution in [0.5, 0.6) is 0 Å². The molecule has 0 bridgehead atoms. The summed E-state index contributed by atoms with van der Waals surface area (Å²) in [6.45, 7) is 0. The quantitative estimate of drug-likeness (QED) is 0.706. The van der Waals surface area contributed by atoms with Gasteiger partial charge in [-0.05, 0) is 36.4 Å². The van der Waals surface area contributed by atoms with Crippen molar-refractivity contribution in [2.75, 3.05) is 5.73 Å². The number of hydrogen-bond donors (Lipinski definition) is 1. The van der Waals surface area contributed by atoms with E-state index in [-0.39, 0.29) is 5.69 Å². The van der Waals surface area contributed by atoms with Crippen molar-refractivity contribution < 1.29 is 13.2 Å². The third-order valence-corrected chi connectivity index (χ3v) is 4.18. The van der Waals surface area contributed by atoms with Gasteiger partial charge in [-0.25, -0.2) is 0 Å². The molecule has 20 heavy (non-hydrogen) atoms. The molecule has 0 saturated carbocycles. The van der Waals surface area contributed by atoms with E-state index in [0.29, 0.717) is 19.8 Å². The standard InChI is InChI=1S/C13H8Cl2F3NS/c14-10-3-1-8(6-11(10)15)20-7-2-4-12(19)9(5-7)13(16,17)18/h1-6H,19H2. The first kappa shape index (κ1) is 15.4. The van der Waals surface area contributed by atoms with Gasteiger partial charge in [-0.1, -0.05) is 35.0 Å². The van der Waals surface area contributed by atoms with Crippen LogP contribution in [0.25, 0.3) is 0 Å². The highest BCUT2D eigenvalue weighted by Gasteiger charge is 2.33. The highest BCUT2D eigenvalue weighted by molar-refractivity contribution is 7.99. The van der Waals surface area contributed by atoms with Crippen LogP contribution >= 0.6 is 35.0 Å². The van der Waals surface area contributed by atoms with Gasteiger partial charge in [-0.15, -0.1) is 0 Å². The summed E-state index contributed by atoms with van der Waals surface area (Å²) >= 11 is 12.8. The molecule has 0 atom stereocenters. The number of anilines is 1. The van der Waals surface area contributed by atoms with E-state index in [2.05, 4.69) is 0 Å². The van der Waals surface area contributed by atoms with E-state index in [4.69, 9.17) is 28.9 Å². The lowest BCUT2D eigenvalue weighted by molar-refractivity contribution is -0.137. The summed E-state index contributed by atoms with van der Waals surface area (Å²) in [6, 6.07) is 8.65. The first-order valence-electron chi connectivity index (χ1n) is 5.37. The van der Waals surface area contributed by atoms with Crippen molar-refractivity contribution in [2.24, 2.45) is 0 Å². The molecule has 7 heteroatoms. The molecule has 0 aliphatic heterocycles. The minimum Gasteiger partial charge on any atom is -0.398 e. The van der Waals surface area contributed by atoms with Gasteiger partial charge >= 0.3 is 6.18 Å². The second-order valence-corrected chi connectivity index (χ2v) is 5.89. The highest BCUT2D eigenvalue weighted by Crippen LogP contribution is 2.38. The molecule has 106 valence electrons. The van der Waals surface area contributed by atoms with Crippen LogP contribution in [0.4, 0.5) is 18.9 Å². The maximum atomic E-state index is 12.8. The Morgan fingerprint density at radius 2 is 1.50 bits per heavy atom. The second-order valence-electron chi connectivity index (χ2n) is 3.92. The van der Waals surface area contributed by atoms with E-state index in [0.717, 1.165) is 17.8 Å². The van der Waals surface area contributed by atoms with Gasteiger partial charge in [-0.2, -0.15) is 13.2 Å². The Balaban J connectivity index is 2.32. The van der Waals surface area contributed by atoms with Crippen LogP contribution in [-0.2, 0) is 6.18 Å². The number of hydrogen-bond acceptors (Lipinski definition) is 2. The number of nitrogen functional groups attached to an aromatic ring is 1. The number of rotatable bonds is 2. The largest absolute Gasteiger partial charge is 0.418 e. The predicted molar refractivity (Wildman–Crippen MR) is 76.4 cm³/mol. The molecule has 2 aromatic carbocycles. The minimum atomic E-state index is -4.47. The third kappa shape index (κ3) is 3.53. The summed E-state index contributed by atoms with van der Waals surface area (Å²) in [5.41, 5.74) is 4.20. The summed E-state index contributed by atoms with van der Waals surface area (Å²) in [5.74, 6) is 0. The molecule has 0 aliphatic carbocycles. The van der Waals surface area contributed by atoms with Gasteiger partial charge in [-0.3, -0.25) is 0 Å². The number of halogens is 5. The predicted octanol–water partition coefficient (Wildman–Crippen LogP) is 5.75. The van der Waals surface area contributed by atoms with Crippen LogP contribution in [0.15, 0.2) is 46.2 Å². The molecule has 0 spiro atoms. The summed E-state index contributed by atoms with van der Waals surface area (Å²) in [6.07, 6.45) is -4.47. The van der Waals surface area contributed by atoms with Crippen LogP contribution in [0.3, 0.4) is 0 Å². The molecule has 0 fully saturated rings. The minimum absolute atomic E-state index is 0.295. The molecule has 0 radical (unpaired) electrons. The molecular formula is C13H8Cl2F3NS. The zero-order valence-electron chi connectivity index (χ0n) is 9.84. The number of benzene rings is 2. The van der Waals surface area contributed by atoms with Crippen LogP contribution in [0, 0.1) is 0 Å². The van der Waals surface area contributed by atoms with E-state index in [1.54, 1.807) is 18.2 Å². The Hall–Kier alpha value is -1.04. The average molecular weight is 338 g/mol. The first-order valence-corrected chi connectivity index (χ1v) is 6.94. The highest BCUT2D eigenvalue weighted by atomic mass is 35.5. The van der Waals surface area contributed by atoms with Crippen molar-refractivity contribution in [3.05, 3.63) is 52.0 Å². The Kier molecular flexibility index (Phi) is 4.42. The average Bonchev–Trinajstić information content (AvgIpc) is 2.35. The third-order valence-electron chi connectivity index (χ3n) is 2.46. The Labute approximate surface area is 127 Å². The van der Waals surface area contributed by atoms with Gasteiger partial charge < -0.3 is 5.73 Å². The molecule has 1 nitrogen and oxygen atoms in total. The fraction of sp³-hybridized carbons (Fsp3) is 0.0769. The van der Waals surface area contributed by atoms with Crippen molar-refractivity contribution in [3.8, 4) is 0 Å². The maximum Gasteiger partial charge on any atom is 0.418 e. The van der Waals surface area contributed by atoms with Gasteiger partial charge in [0.05, 0.1) is 15.6 Å². The van der Waals surface area contributed by atoms with Crippen molar-refractivity contribution in [1.82, 2.24) is 0 Å². The second kappa shape index (κ2) is 5.76. The van der Waals surface area contributed by atoms with Gasteiger partial charge in [0.1, 0.15) is 0 Å². The van der Waals surface area contributed by atoms with Crippen LogP contribution < -0.4 is 5.73 Å². The van der Waals surface area contributed by atoms with Gasteiger partial charge in [0.15, 0.2) is 0 Å². The topological polar surface area (TPSA) is 26.0 Å². The molecule has 2 aromatic rings. The Bertz CT molecular complexity index is 644. The molecule has 2 N–H and O–H groups in total. The van der Waals surface area contributed by atoms with Crippen molar-refractivity contribution in [1.29, 1.82) is 0 Å². The molecule has 0 unspecified atom stereocenters. The zero-order chi connectivity index (χ0) is 14.9. The Morgan fingerprint density at radius 1 is 0.900 bits per heavy atom. The smallest absolute Gasteiger partial charge is 0.398 e. The molecule has 0 aromatic heterocycles.